The van der Waals surface area contributed by atoms with Crippen molar-refractivity contribution in [2.75, 3.05) is 20.8 Å². The van der Waals surface area contributed by atoms with E-state index in [9.17, 15) is 15.0 Å². The topological polar surface area (TPSA) is 97.6 Å². The lowest BCUT2D eigenvalue weighted by Crippen LogP contribution is -2.12. The maximum absolute atomic E-state index is 12.6. The number of carbonyl (C=O) groups is 1. The van der Waals surface area contributed by atoms with Crippen molar-refractivity contribution in [1.29, 1.82) is 0 Å². The van der Waals surface area contributed by atoms with Crippen molar-refractivity contribution < 1.29 is 29.2 Å². The number of aryl methyl sites for hydroxylation is 1. The van der Waals surface area contributed by atoms with Crippen LogP contribution in [0.5, 0.6) is 17.2 Å². The van der Waals surface area contributed by atoms with Crippen LogP contribution in [0, 0.1) is 6.92 Å². The molecule has 0 bridgehead atoms. The molecule has 1 aliphatic rings. The zero-order valence-corrected chi connectivity index (χ0v) is 18.4. The van der Waals surface area contributed by atoms with Crippen molar-refractivity contribution in [3.63, 3.8) is 0 Å². The molecule has 0 fully saturated rings. The van der Waals surface area contributed by atoms with E-state index in [4.69, 9.17) is 14.2 Å². The minimum Gasteiger partial charge on any atom is -0.507 e. The van der Waals surface area contributed by atoms with Crippen molar-refractivity contribution in [2.45, 2.75) is 13.8 Å². The number of rotatable bonds is 6. The van der Waals surface area contributed by atoms with E-state index in [0.717, 1.165) is 11.8 Å². The number of para-hydroxylation sites is 1. The van der Waals surface area contributed by atoms with Gasteiger partial charge in [-0.05, 0) is 37.6 Å². The van der Waals surface area contributed by atoms with Crippen LogP contribution in [-0.4, -0.2) is 42.1 Å². The van der Waals surface area contributed by atoms with E-state index in [1.54, 1.807) is 63.4 Å². The third-order valence-corrected chi connectivity index (χ3v) is 5.55. The highest BCUT2D eigenvalue weighted by Crippen LogP contribution is 2.42. The maximum atomic E-state index is 12.6. The number of ether oxygens (including phenoxy) is 3. The summed E-state index contributed by atoms with van der Waals surface area (Å²) >= 11 is 1.10. The number of phenolic OH excluding ortho intramolecular Hbond substituents is 1. The van der Waals surface area contributed by atoms with Gasteiger partial charge in [0.25, 0.3) is 0 Å². The molecule has 1 aliphatic heterocycles. The van der Waals surface area contributed by atoms with Gasteiger partial charge in [0.05, 0.1) is 25.7 Å². The Morgan fingerprint density at radius 1 is 1.16 bits per heavy atom. The molecule has 2 aromatic rings. The van der Waals surface area contributed by atoms with Crippen LogP contribution in [0.3, 0.4) is 0 Å². The van der Waals surface area contributed by atoms with Gasteiger partial charge in [0.1, 0.15) is 39.3 Å². The molecule has 162 valence electrons. The van der Waals surface area contributed by atoms with Gasteiger partial charge in [-0.1, -0.05) is 30.0 Å². The lowest BCUT2D eigenvalue weighted by molar-refractivity contribution is -0.138. The molecule has 3 rings (SSSR count). The standard InChI is InChI=1S/C23H23NO6S/c1-5-30-23(27)19-21(26)18(11-14-8-6-7-13(2)20(14)25)31-22(19)24-16-10-9-15(28-3)12-17(16)29-4/h6-12,25-26H,5H2,1-4H3/b18-11+,24-22?. The number of aliphatic imine (C=N–C) groups is 1. The molecule has 7 nitrogen and oxygen atoms in total. The van der Waals surface area contributed by atoms with Gasteiger partial charge in [-0.3, -0.25) is 0 Å². The van der Waals surface area contributed by atoms with Crippen molar-refractivity contribution in [2.24, 2.45) is 4.99 Å². The third-order valence-electron chi connectivity index (χ3n) is 4.53. The van der Waals surface area contributed by atoms with E-state index >= 15 is 0 Å². The average Bonchev–Trinajstić information content (AvgIpc) is 3.06. The second-order valence-corrected chi connectivity index (χ2v) is 7.55. The second-order valence-electron chi connectivity index (χ2n) is 6.52. The lowest BCUT2D eigenvalue weighted by atomic mass is 10.1. The van der Waals surface area contributed by atoms with Gasteiger partial charge < -0.3 is 24.4 Å². The van der Waals surface area contributed by atoms with Crippen LogP contribution in [0.2, 0.25) is 0 Å². The largest absolute Gasteiger partial charge is 0.507 e. The molecule has 8 heteroatoms. The summed E-state index contributed by atoms with van der Waals surface area (Å²) in [5.74, 6) is 0.206. The highest BCUT2D eigenvalue weighted by Gasteiger charge is 2.33. The van der Waals surface area contributed by atoms with Gasteiger partial charge in [0, 0.05) is 11.6 Å². The predicted octanol–water partition coefficient (Wildman–Crippen LogP) is 4.91. The molecular weight excluding hydrogens is 418 g/mol. The molecule has 0 amide bonds. The minimum absolute atomic E-state index is 0.0388. The molecule has 0 unspecified atom stereocenters. The highest BCUT2D eigenvalue weighted by molar-refractivity contribution is 8.18. The van der Waals surface area contributed by atoms with Crippen molar-refractivity contribution in [3.05, 3.63) is 63.8 Å². The Hall–Kier alpha value is -3.39. The Balaban J connectivity index is 2.11. The maximum Gasteiger partial charge on any atom is 0.344 e. The first-order chi connectivity index (χ1) is 14.9. The van der Waals surface area contributed by atoms with E-state index < -0.39 is 5.97 Å². The third kappa shape index (κ3) is 4.69. The van der Waals surface area contributed by atoms with E-state index in [1.165, 1.54) is 7.11 Å². The Bertz CT molecular complexity index is 1100. The predicted molar refractivity (Wildman–Crippen MR) is 121 cm³/mol. The van der Waals surface area contributed by atoms with E-state index in [1.807, 2.05) is 0 Å². The SMILES string of the molecule is CCOC(=O)C1=C(O)/C(=C\c2cccc(C)c2O)SC1=Nc1ccc(OC)cc1OC. The first-order valence-corrected chi connectivity index (χ1v) is 10.3. The number of nitrogens with zero attached hydrogens (tertiary/aromatic N) is 1. The number of aliphatic hydroxyl groups is 1. The Kier molecular flexibility index (Phi) is 6.91. The first kappa shape index (κ1) is 22.3. The fourth-order valence-electron chi connectivity index (χ4n) is 2.92. The van der Waals surface area contributed by atoms with Crippen LogP contribution in [0.1, 0.15) is 18.1 Å². The monoisotopic (exact) mass is 441 g/mol. The number of benzene rings is 2. The Labute approximate surface area is 184 Å². The molecule has 2 N–H and O–H groups in total. The molecule has 0 saturated carbocycles. The number of hydrogen-bond donors (Lipinski definition) is 2. The molecule has 0 spiro atoms. The Morgan fingerprint density at radius 3 is 2.61 bits per heavy atom. The lowest BCUT2D eigenvalue weighted by Gasteiger charge is -2.08. The number of carbonyl (C=O) groups excluding carboxylic acids is 1. The molecule has 1 heterocycles. The van der Waals surface area contributed by atoms with Crippen LogP contribution in [0.15, 0.2) is 57.6 Å². The van der Waals surface area contributed by atoms with Crippen LogP contribution in [0.25, 0.3) is 6.08 Å². The number of thioether (sulfide) groups is 1. The van der Waals surface area contributed by atoms with Crippen molar-refractivity contribution in [3.8, 4) is 17.2 Å². The first-order valence-electron chi connectivity index (χ1n) is 9.49. The van der Waals surface area contributed by atoms with Crippen LogP contribution < -0.4 is 9.47 Å². The summed E-state index contributed by atoms with van der Waals surface area (Å²) in [5, 5.41) is 21.4. The smallest absolute Gasteiger partial charge is 0.344 e. The van der Waals surface area contributed by atoms with Crippen LogP contribution in [-0.2, 0) is 9.53 Å². The van der Waals surface area contributed by atoms with Gasteiger partial charge in [0.15, 0.2) is 0 Å². The molecular formula is C23H23NO6S. The van der Waals surface area contributed by atoms with Gasteiger partial charge in [0.2, 0.25) is 0 Å². The number of hydrogen-bond acceptors (Lipinski definition) is 8. The normalized spacial score (nSPS) is 16.1. The van der Waals surface area contributed by atoms with Crippen LogP contribution in [0.4, 0.5) is 5.69 Å². The minimum atomic E-state index is -0.685. The summed E-state index contributed by atoms with van der Waals surface area (Å²) in [4.78, 5) is 17.5. The number of aliphatic hydroxyl groups excluding tert-OH is 1. The van der Waals surface area contributed by atoms with Crippen molar-refractivity contribution in [1.82, 2.24) is 0 Å². The number of aromatic hydroxyl groups is 1. The summed E-state index contributed by atoms with van der Waals surface area (Å²) < 4.78 is 15.7. The van der Waals surface area contributed by atoms with Gasteiger partial charge in [-0.25, -0.2) is 9.79 Å². The van der Waals surface area contributed by atoms with Gasteiger partial charge in [-0.2, -0.15) is 0 Å². The number of methoxy groups -OCH3 is 2. The number of phenols is 1. The van der Waals surface area contributed by atoms with Crippen LogP contribution >= 0.6 is 11.8 Å². The van der Waals surface area contributed by atoms with E-state index in [0.29, 0.717) is 33.2 Å². The number of esters is 1. The summed E-state index contributed by atoms with van der Waals surface area (Å²) in [7, 11) is 3.05. The van der Waals surface area contributed by atoms with E-state index in [2.05, 4.69) is 4.99 Å². The average molecular weight is 442 g/mol. The van der Waals surface area contributed by atoms with Gasteiger partial charge in [-0.15, -0.1) is 0 Å². The van der Waals surface area contributed by atoms with Gasteiger partial charge >= 0.3 is 5.97 Å². The molecule has 0 saturated heterocycles. The summed E-state index contributed by atoms with van der Waals surface area (Å²) in [6.07, 6.45) is 1.61. The quantitative estimate of drug-likeness (QED) is 0.615. The zero-order valence-electron chi connectivity index (χ0n) is 17.6. The van der Waals surface area contributed by atoms with E-state index in [-0.39, 0.29) is 28.7 Å². The molecule has 2 aromatic carbocycles. The van der Waals surface area contributed by atoms with Crippen molar-refractivity contribution >= 4 is 34.5 Å². The fourth-order valence-corrected chi connectivity index (χ4v) is 3.94. The summed E-state index contributed by atoms with van der Waals surface area (Å²) in [6.45, 7) is 3.61. The Morgan fingerprint density at radius 2 is 1.94 bits per heavy atom. The molecule has 0 radical (unpaired) electrons. The summed E-state index contributed by atoms with van der Waals surface area (Å²) in [6, 6.07) is 10.4. The molecule has 0 aromatic heterocycles. The fraction of sp³-hybridized carbons (Fsp3) is 0.217. The molecule has 0 atom stereocenters. The summed E-state index contributed by atoms with van der Waals surface area (Å²) in [5.41, 5.74) is 1.63. The molecule has 0 aliphatic carbocycles. The molecule has 31 heavy (non-hydrogen) atoms. The second kappa shape index (κ2) is 9.61. The highest BCUT2D eigenvalue weighted by atomic mass is 32.2. The zero-order chi connectivity index (χ0) is 22.5.